The van der Waals surface area contributed by atoms with Gasteiger partial charge < -0.3 is 5.73 Å². The number of hydrogen-bond acceptors (Lipinski definition) is 3. The summed E-state index contributed by atoms with van der Waals surface area (Å²) in [5, 5.41) is 0. The summed E-state index contributed by atoms with van der Waals surface area (Å²) < 4.78 is 0. The predicted molar refractivity (Wildman–Crippen MR) is 99.1 cm³/mol. The van der Waals surface area contributed by atoms with Gasteiger partial charge in [0.05, 0.1) is 0 Å². The first-order valence-electron chi connectivity index (χ1n) is 8.31. The summed E-state index contributed by atoms with van der Waals surface area (Å²) in [6.45, 7) is 0. The molecule has 1 aliphatic heterocycles. The number of benzene rings is 3. The van der Waals surface area contributed by atoms with E-state index in [4.69, 9.17) is 5.73 Å². The van der Waals surface area contributed by atoms with E-state index in [2.05, 4.69) is 71.5 Å². The fourth-order valence-electron chi connectivity index (χ4n) is 3.26. The van der Waals surface area contributed by atoms with E-state index in [-0.39, 0.29) is 0 Å². The normalized spacial score (nSPS) is 20.2. The standard InChI is InChI=1S/C21H21N3/c22-19-12-10-18(11-13-19)21-14-20(23-24-21)17-8-6-16(7-9-17)15-4-2-1-3-5-15/h1-13,20-21,23-24H,14,22H2. The van der Waals surface area contributed by atoms with Crippen molar-refractivity contribution in [1.82, 2.24) is 10.9 Å². The van der Waals surface area contributed by atoms with Crippen molar-refractivity contribution in [2.75, 3.05) is 5.73 Å². The summed E-state index contributed by atoms with van der Waals surface area (Å²) >= 11 is 0. The third-order valence-electron chi connectivity index (χ3n) is 4.66. The topological polar surface area (TPSA) is 50.1 Å². The number of nitrogens with one attached hydrogen (secondary N) is 2. The molecular formula is C21H21N3. The van der Waals surface area contributed by atoms with E-state index >= 15 is 0 Å². The Morgan fingerprint density at radius 3 is 1.71 bits per heavy atom. The molecule has 120 valence electrons. The van der Waals surface area contributed by atoms with Crippen molar-refractivity contribution in [3.63, 3.8) is 0 Å². The molecule has 3 aromatic carbocycles. The maximum Gasteiger partial charge on any atom is 0.0481 e. The Morgan fingerprint density at radius 1 is 0.625 bits per heavy atom. The Kier molecular flexibility index (Phi) is 4.03. The van der Waals surface area contributed by atoms with Crippen LogP contribution < -0.4 is 16.6 Å². The van der Waals surface area contributed by atoms with Crippen LogP contribution in [0.4, 0.5) is 5.69 Å². The molecule has 0 amide bonds. The van der Waals surface area contributed by atoms with Crippen molar-refractivity contribution in [1.29, 1.82) is 0 Å². The maximum absolute atomic E-state index is 5.77. The molecular weight excluding hydrogens is 294 g/mol. The van der Waals surface area contributed by atoms with Crippen LogP contribution in [0.2, 0.25) is 0 Å². The van der Waals surface area contributed by atoms with Gasteiger partial charge in [-0.1, -0.05) is 66.7 Å². The molecule has 0 bridgehead atoms. The molecule has 4 N–H and O–H groups in total. The highest BCUT2D eigenvalue weighted by molar-refractivity contribution is 5.63. The number of anilines is 1. The van der Waals surface area contributed by atoms with Gasteiger partial charge in [0.2, 0.25) is 0 Å². The molecule has 0 radical (unpaired) electrons. The van der Waals surface area contributed by atoms with Crippen LogP contribution in [0.25, 0.3) is 11.1 Å². The van der Waals surface area contributed by atoms with Crippen LogP contribution in [0.15, 0.2) is 78.9 Å². The highest BCUT2D eigenvalue weighted by Gasteiger charge is 2.25. The molecule has 4 rings (SSSR count). The Labute approximate surface area is 142 Å². The SMILES string of the molecule is Nc1ccc(C2CC(c3ccc(-c4ccccc4)cc3)NN2)cc1. The van der Waals surface area contributed by atoms with Crippen molar-refractivity contribution in [2.45, 2.75) is 18.5 Å². The molecule has 1 heterocycles. The van der Waals surface area contributed by atoms with Crippen molar-refractivity contribution in [3.8, 4) is 11.1 Å². The first-order chi connectivity index (χ1) is 11.8. The van der Waals surface area contributed by atoms with Gasteiger partial charge in [0, 0.05) is 17.8 Å². The molecule has 0 aromatic heterocycles. The lowest BCUT2D eigenvalue weighted by Gasteiger charge is -2.11. The average Bonchev–Trinajstić information content (AvgIpc) is 3.13. The van der Waals surface area contributed by atoms with Crippen LogP contribution in [-0.4, -0.2) is 0 Å². The third-order valence-corrected chi connectivity index (χ3v) is 4.66. The zero-order chi connectivity index (χ0) is 16.4. The van der Waals surface area contributed by atoms with E-state index in [9.17, 15) is 0 Å². The molecule has 0 aliphatic carbocycles. The Balaban J connectivity index is 1.48. The van der Waals surface area contributed by atoms with Gasteiger partial charge in [0.25, 0.3) is 0 Å². The average molecular weight is 315 g/mol. The van der Waals surface area contributed by atoms with Crippen LogP contribution >= 0.6 is 0 Å². The zero-order valence-corrected chi connectivity index (χ0v) is 13.4. The lowest BCUT2D eigenvalue weighted by atomic mass is 9.96. The number of hydrogen-bond donors (Lipinski definition) is 3. The first-order valence-corrected chi connectivity index (χ1v) is 8.31. The third kappa shape index (κ3) is 3.04. The van der Waals surface area contributed by atoms with Crippen LogP contribution in [0, 0.1) is 0 Å². The maximum atomic E-state index is 5.77. The molecule has 2 atom stereocenters. The van der Waals surface area contributed by atoms with E-state index in [0.717, 1.165) is 12.1 Å². The fraction of sp³-hybridized carbons (Fsp3) is 0.143. The molecule has 1 fully saturated rings. The lowest BCUT2D eigenvalue weighted by Crippen LogP contribution is -2.26. The summed E-state index contributed by atoms with van der Waals surface area (Å²) in [6.07, 6.45) is 1.02. The van der Waals surface area contributed by atoms with Gasteiger partial charge in [0.15, 0.2) is 0 Å². The van der Waals surface area contributed by atoms with Crippen molar-refractivity contribution in [3.05, 3.63) is 90.0 Å². The van der Waals surface area contributed by atoms with Gasteiger partial charge in [-0.05, 0) is 40.8 Å². The summed E-state index contributed by atoms with van der Waals surface area (Å²) in [6, 6.07) is 28.0. The van der Waals surface area contributed by atoms with Gasteiger partial charge in [-0.15, -0.1) is 0 Å². The second-order valence-electron chi connectivity index (χ2n) is 6.28. The highest BCUT2D eigenvalue weighted by atomic mass is 15.4. The lowest BCUT2D eigenvalue weighted by molar-refractivity contribution is 0.555. The molecule has 0 saturated carbocycles. The number of nitrogens with two attached hydrogens (primary N) is 1. The van der Waals surface area contributed by atoms with Crippen molar-refractivity contribution in [2.24, 2.45) is 0 Å². The van der Waals surface area contributed by atoms with Crippen LogP contribution in [0.5, 0.6) is 0 Å². The first kappa shape index (κ1) is 14.9. The minimum atomic E-state index is 0.310. The number of hydrazine groups is 1. The summed E-state index contributed by atoms with van der Waals surface area (Å²) in [4.78, 5) is 0. The fourth-order valence-corrected chi connectivity index (χ4v) is 3.26. The van der Waals surface area contributed by atoms with E-state index in [1.807, 2.05) is 18.2 Å². The van der Waals surface area contributed by atoms with Crippen LogP contribution in [0.3, 0.4) is 0 Å². The second-order valence-corrected chi connectivity index (χ2v) is 6.28. The minimum Gasteiger partial charge on any atom is -0.399 e. The van der Waals surface area contributed by atoms with Crippen LogP contribution in [0.1, 0.15) is 29.6 Å². The Bertz CT molecular complexity index is 795. The predicted octanol–water partition coefficient (Wildman–Crippen LogP) is 4.22. The minimum absolute atomic E-state index is 0.310. The molecule has 1 aliphatic rings. The quantitative estimate of drug-likeness (QED) is 0.634. The molecule has 2 unspecified atom stereocenters. The molecule has 3 heteroatoms. The smallest absolute Gasteiger partial charge is 0.0481 e. The Morgan fingerprint density at radius 2 is 1.12 bits per heavy atom. The molecule has 24 heavy (non-hydrogen) atoms. The molecule has 0 spiro atoms. The van der Waals surface area contributed by atoms with Crippen LogP contribution in [-0.2, 0) is 0 Å². The van der Waals surface area contributed by atoms with E-state index < -0.39 is 0 Å². The largest absolute Gasteiger partial charge is 0.399 e. The molecule has 3 aromatic rings. The van der Waals surface area contributed by atoms with Crippen molar-refractivity contribution >= 4 is 5.69 Å². The van der Waals surface area contributed by atoms with Crippen molar-refractivity contribution < 1.29 is 0 Å². The van der Waals surface area contributed by atoms with E-state index in [1.165, 1.54) is 22.3 Å². The zero-order valence-electron chi connectivity index (χ0n) is 13.4. The van der Waals surface area contributed by atoms with Gasteiger partial charge in [-0.2, -0.15) is 0 Å². The Hall–Kier alpha value is -2.62. The van der Waals surface area contributed by atoms with Gasteiger partial charge >= 0.3 is 0 Å². The number of rotatable bonds is 3. The molecule has 1 saturated heterocycles. The second kappa shape index (κ2) is 6.48. The summed E-state index contributed by atoms with van der Waals surface area (Å²) in [5.41, 5.74) is 18.5. The van der Waals surface area contributed by atoms with E-state index in [0.29, 0.717) is 12.1 Å². The summed E-state index contributed by atoms with van der Waals surface area (Å²) in [7, 11) is 0. The number of nitrogen functional groups attached to an aromatic ring is 1. The summed E-state index contributed by atoms with van der Waals surface area (Å²) in [5.74, 6) is 0. The molecule has 3 nitrogen and oxygen atoms in total. The van der Waals surface area contributed by atoms with Gasteiger partial charge in [0.1, 0.15) is 0 Å². The van der Waals surface area contributed by atoms with Gasteiger partial charge in [-0.3, -0.25) is 0 Å². The van der Waals surface area contributed by atoms with E-state index in [1.54, 1.807) is 0 Å². The monoisotopic (exact) mass is 315 g/mol. The highest BCUT2D eigenvalue weighted by Crippen LogP contribution is 2.32. The van der Waals surface area contributed by atoms with Gasteiger partial charge in [-0.25, -0.2) is 10.9 Å².